The van der Waals surface area contributed by atoms with Gasteiger partial charge in [0.25, 0.3) is 0 Å². The van der Waals surface area contributed by atoms with Gasteiger partial charge < -0.3 is 14.6 Å². The number of aliphatic hydroxyl groups excluding tert-OH is 1. The van der Waals surface area contributed by atoms with Gasteiger partial charge in [-0.15, -0.1) is 0 Å². The topological polar surface area (TPSA) is 38.7 Å². The zero-order valence-electron chi connectivity index (χ0n) is 10.1. The number of ether oxygens (including phenoxy) is 2. The highest BCUT2D eigenvalue weighted by Crippen LogP contribution is 2.12. The zero-order chi connectivity index (χ0) is 12.5. The SMILES string of the molecule is COc1ccc(COCC[C@H](O)CCI)cc1. The maximum absolute atomic E-state index is 9.51. The van der Waals surface area contributed by atoms with Crippen molar-refractivity contribution in [2.45, 2.75) is 25.6 Å². The molecule has 1 aromatic rings. The van der Waals surface area contributed by atoms with Gasteiger partial charge in [-0.1, -0.05) is 34.7 Å². The molecule has 1 rings (SSSR count). The Balaban J connectivity index is 2.17. The fourth-order valence-electron chi connectivity index (χ4n) is 1.40. The van der Waals surface area contributed by atoms with Crippen molar-refractivity contribution in [2.75, 3.05) is 18.1 Å². The van der Waals surface area contributed by atoms with E-state index in [1.54, 1.807) is 7.11 Å². The van der Waals surface area contributed by atoms with Gasteiger partial charge >= 0.3 is 0 Å². The first-order chi connectivity index (χ1) is 8.26. The van der Waals surface area contributed by atoms with Crippen LogP contribution in [-0.2, 0) is 11.3 Å². The number of hydrogen-bond acceptors (Lipinski definition) is 3. The van der Waals surface area contributed by atoms with Gasteiger partial charge in [0.15, 0.2) is 0 Å². The van der Waals surface area contributed by atoms with Gasteiger partial charge in [0.05, 0.1) is 19.8 Å². The first-order valence-electron chi connectivity index (χ1n) is 5.71. The van der Waals surface area contributed by atoms with Crippen LogP contribution in [0.25, 0.3) is 0 Å². The lowest BCUT2D eigenvalue weighted by Gasteiger charge is -2.09. The Morgan fingerprint density at radius 1 is 1.24 bits per heavy atom. The molecule has 0 aliphatic carbocycles. The lowest BCUT2D eigenvalue weighted by molar-refractivity contribution is 0.0727. The molecule has 1 atom stereocenters. The molecule has 0 aliphatic heterocycles. The van der Waals surface area contributed by atoms with Gasteiger partial charge in [0, 0.05) is 11.0 Å². The lowest BCUT2D eigenvalue weighted by Crippen LogP contribution is -2.10. The summed E-state index contributed by atoms with van der Waals surface area (Å²) in [6.07, 6.45) is 1.31. The van der Waals surface area contributed by atoms with Crippen LogP contribution in [0.2, 0.25) is 0 Å². The monoisotopic (exact) mass is 350 g/mol. The van der Waals surface area contributed by atoms with Crippen molar-refractivity contribution in [2.24, 2.45) is 0 Å². The molecule has 0 aliphatic rings. The van der Waals surface area contributed by atoms with Gasteiger partial charge in [0.2, 0.25) is 0 Å². The van der Waals surface area contributed by atoms with Crippen molar-refractivity contribution < 1.29 is 14.6 Å². The average molecular weight is 350 g/mol. The second kappa shape index (κ2) is 8.72. The molecule has 4 heteroatoms. The first-order valence-corrected chi connectivity index (χ1v) is 7.23. The number of halogens is 1. The van der Waals surface area contributed by atoms with E-state index >= 15 is 0 Å². The molecule has 0 aromatic heterocycles. The smallest absolute Gasteiger partial charge is 0.118 e. The van der Waals surface area contributed by atoms with Gasteiger partial charge in [-0.05, 0) is 30.5 Å². The molecule has 1 aromatic carbocycles. The summed E-state index contributed by atoms with van der Waals surface area (Å²) < 4.78 is 11.6. The Morgan fingerprint density at radius 3 is 2.53 bits per heavy atom. The van der Waals surface area contributed by atoms with Crippen LogP contribution in [0.15, 0.2) is 24.3 Å². The minimum atomic E-state index is -0.234. The van der Waals surface area contributed by atoms with Crippen molar-refractivity contribution in [3.63, 3.8) is 0 Å². The number of benzene rings is 1. The summed E-state index contributed by atoms with van der Waals surface area (Å²) in [5, 5.41) is 9.51. The van der Waals surface area contributed by atoms with Crippen molar-refractivity contribution in [3.8, 4) is 5.75 Å². The molecule has 0 spiro atoms. The van der Waals surface area contributed by atoms with Crippen LogP contribution in [0.5, 0.6) is 5.75 Å². The number of alkyl halides is 1. The van der Waals surface area contributed by atoms with E-state index in [4.69, 9.17) is 9.47 Å². The summed E-state index contributed by atoms with van der Waals surface area (Å²) in [4.78, 5) is 0. The van der Waals surface area contributed by atoms with E-state index in [2.05, 4.69) is 22.6 Å². The second-order valence-electron chi connectivity index (χ2n) is 3.82. The summed E-state index contributed by atoms with van der Waals surface area (Å²) in [5.74, 6) is 0.853. The molecule has 3 nitrogen and oxygen atoms in total. The fraction of sp³-hybridized carbons (Fsp3) is 0.538. The molecule has 0 saturated carbocycles. The third-order valence-electron chi connectivity index (χ3n) is 2.47. The Labute approximate surface area is 116 Å². The largest absolute Gasteiger partial charge is 0.497 e. The summed E-state index contributed by atoms with van der Waals surface area (Å²) in [6, 6.07) is 7.81. The number of aliphatic hydroxyl groups is 1. The van der Waals surface area contributed by atoms with Crippen molar-refractivity contribution in [1.82, 2.24) is 0 Å². The predicted molar refractivity (Wildman–Crippen MR) is 76.8 cm³/mol. The van der Waals surface area contributed by atoms with E-state index in [0.29, 0.717) is 19.6 Å². The normalized spacial score (nSPS) is 12.4. The molecule has 1 N–H and O–H groups in total. The van der Waals surface area contributed by atoms with Crippen molar-refractivity contribution >= 4 is 22.6 Å². The standard InChI is InChI=1S/C13H19IO3/c1-16-13-4-2-11(3-5-13)10-17-9-7-12(15)6-8-14/h2-5,12,15H,6-10H2,1H3/t12-/m1/s1. The maximum atomic E-state index is 9.51. The van der Waals surface area contributed by atoms with E-state index in [0.717, 1.165) is 22.2 Å². The Hall–Kier alpha value is -0.330. The number of rotatable bonds is 8. The Kier molecular flexibility index (Phi) is 7.55. The molecule has 0 bridgehead atoms. The quantitative estimate of drug-likeness (QED) is 0.445. The average Bonchev–Trinajstić information content (AvgIpc) is 2.36. The molecule has 0 amide bonds. The van der Waals surface area contributed by atoms with Crippen LogP contribution in [0.3, 0.4) is 0 Å². The molecule has 0 heterocycles. The highest BCUT2D eigenvalue weighted by atomic mass is 127. The summed E-state index contributed by atoms with van der Waals surface area (Å²) in [6.45, 7) is 1.19. The minimum absolute atomic E-state index is 0.234. The molecule has 96 valence electrons. The van der Waals surface area contributed by atoms with E-state index < -0.39 is 0 Å². The summed E-state index contributed by atoms with van der Waals surface area (Å²) in [7, 11) is 1.65. The van der Waals surface area contributed by atoms with Crippen molar-refractivity contribution in [1.29, 1.82) is 0 Å². The van der Waals surface area contributed by atoms with E-state index in [-0.39, 0.29) is 6.10 Å². The highest BCUT2D eigenvalue weighted by Gasteiger charge is 2.02. The minimum Gasteiger partial charge on any atom is -0.497 e. The van der Waals surface area contributed by atoms with Crippen LogP contribution < -0.4 is 4.74 Å². The maximum Gasteiger partial charge on any atom is 0.118 e. The lowest BCUT2D eigenvalue weighted by atomic mass is 10.2. The number of methoxy groups -OCH3 is 1. The van der Waals surface area contributed by atoms with Gasteiger partial charge in [-0.2, -0.15) is 0 Å². The molecule has 0 unspecified atom stereocenters. The molecule has 17 heavy (non-hydrogen) atoms. The van der Waals surface area contributed by atoms with Crippen LogP contribution >= 0.6 is 22.6 Å². The molecular formula is C13H19IO3. The molecule has 0 fully saturated rings. The second-order valence-corrected chi connectivity index (χ2v) is 4.90. The van der Waals surface area contributed by atoms with Gasteiger partial charge in [-0.25, -0.2) is 0 Å². The van der Waals surface area contributed by atoms with Crippen LogP contribution in [0.4, 0.5) is 0 Å². The van der Waals surface area contributed by atoms with Crippen LogP contribution in [-0.4, -0.2) is 29.4 Å². The van der Waals surface area contributed by atoms with Gasteiger partial charge in [-0.3, -0.25) is 0 Å². The summed E-state index contributed by atoms with van der Waals surface area (Å²) in [5.41, 5.74) is 1.12. The van der Waals surface area contributed by atoms with E-state index in [1.807, 2.05) is 24.3 Å². The number of hydrogen-bond donors (Lipinski definition) is 1. The zero-order valence-corrected chi connectivity index (χ0v) is 12.2. The van der Waals surface area contributed by atoms with Crippen LogP contribution in [0, 0.1) is 0 Å². The Bertz CT molecular complexity index is 300. The molecule has 0 saturated heterocycles. The van der Waals surface area contributed by atoms with Gasteiger partial charge in [0.1, 0.15) is 5.75 Å². The fourth-order valence-corrected chi connectivity index (χ4v) is 2.12. The third kappa shape index (κ3) is 6.24. The predicted octanol–water partition coefficient (Wildman–Crippen LogP) is 2.79. The summed E-state index contributed by atoms with van der Waals surface area (Å²) >= 11 is 2.27. The van der Waals surface area contributed by atoms with E-state index in [1.165, 1.54) is 0 Å². The third-order valence-corrected chi connectivity index (χ3v) is 3.09. The highest BCUT2D eigenvalue weighted by molar-refractivity contribution is 14.1. The van der Waals surface area contributed by atoms with E-state index in [9.17, 15) is 5.11 Å². The molecular weight excluding hydrogens is 331 g/mol. The first kappa shape index (κ1) is 14.7. The Morgan fingerprint density at radius 2 is 1.94 bits per heavy atom. The van der Waals surface area contributed by atoms with Crippen LogP contribution in [0.1, 0.15) is 18.4 Å². The molecule has 0 radical (unpaired) electrons. The van der Waals surface area contributed by atoms with Crippen molar-refractivity contribution in [3.05, 3.63) is 29.8 Å².